The van der Waals surface area contributed by atoms with Crippen LogP contribution in [0.25, 0.3) is 0 Å². The van der Waals surface area contributed by atoms with E-state index in [0.717, 1.165) is 16.3 Å². The third-order valence-corrected chi connectivity index (χ3v) is 2.63. The Morgan fingerprint density at radius 1 is 1.64 bits per heavy atom. The Balaban J connectivity index is 2.91. The Morgan fingerprint density at radius 2 is 2.36 bits per heavy atom. The quantitative estimate of drug-likeness (QED) is 0.776. The summed E-state index contributed by atoms with van der Waals surface area (Å²) in [6.45, 7) is 1.86. The topological polar surface area (TPSA) is 40.9 Å². The van der Waals surface area contributed by atoms with Crippen LogP contribution in [0.15, 0.2) is 22.7 Å². The van der Waals surface area contributed by atoms with Gasteiger partial charge in [-0.15, -0.1) is 0 Å². The van der Waals surface area contributed by atoms with Crippen molar-refractivity contribution in [2.75, 3.05) is 0 Å². The molecule has 0 fully saturated rings. The summed E-state index contributed by atoms with van der Waals surface area (Å²) in [5, 5.41) is 8.78. The van der Waals surface area contributed by atoms with Gasteiger partial charge in [-0.2, -0.15) is 5.26 Å². The minimum absolute atomic E-state index is 0.00252. The first kappa shape index (κ1) is 10.9. The van der Waals surface area contributed by atoms with Crippen molar-refractivity contribution in [2.45, 2.75) is 13.3 Å². The second-order valence-corrected chi connectivity index (χ2v) is 4.10. The van der Waals surface area contributed by atoms with Gasteiger partial charge in [0.2, 0.25) is 0 Å². The fraction of sp³-hybridized carbons (Fsp3) is 0.273. The predicted molar refractivity (Wildman–Crippen MR) is 57.8 cm³/mol. The monoisotopic (exact) mass is 251 g/mol. The summed E-state index contributed by atoms with van der Waals surface area (Å²) >= 11 is 3.28. The van der Waals surface area contributed by atoms with E-state index in [1.165, 1.54) is 0 Å². The predicted octanol–water partition coefficient (Wildman–Crippen LogP) is 2.70. The first-order valence-corrected chi connectivity index (χ1v) is 5.10. The van der Waals surface area contributed by atoms with Gasteiger partial charge in [-0.3, -0.25) is 0 Å². The van der Waals surface area contributed by atoms with Gasteiger partial charge >= 0.3 is 0 Å². The van der Waals surface area contributed by atoms with Crippen molar-refractivity contribution < 1.29 is 4.79 Å². The largest absolute Gasteiger partial charge is 0.303 e. The number of benzene rings is 1. The van der Waals surface area contributed by atoms with Crippen LogP contribution in [-0.2, 0) is 11.2 Å². The number of hydrogen-bond donors (Lipinski definition) is 0. The molecule has 2 nitrogen and oxygen atoms in total. The number of carbonyl (C=O) groups is 1. The third kappa shape index (κ3) is 2.68. The molecule has 0 amide bonds. The van der Waals surface area contributed by atoms with Crippen molar-refractivity contribution >= 4 is 22.2 Å². The average molecular weight is 252 g/mol. The number of nitriles is 1. The summed E-state index contributed by atoms with van der Waals surface area (Å²) in [7, 11) is 0. The first-order valence-electron chi connectivity index (χ1n) is 4.31. The maximum absolute atomic E-state index is 10.5. The van der Waals surface area contributed by atoms with Gasteiger partial charge in [0, 0.05) is 10.4 Å². The zero-order valence-corrected chi connectivity index (χ0v) is 9.41. The molecule has 0 aromatic heterocycles. The molecule has 3 heteroatoms. The van der Waals surface area contributed by atoms with Crippen LogP contribution in [0.3, 0.4) is 0 Å². The standard InChI is InChI=1S/C11H10BrNO/c1-8(7-14)4-9-2-3-11(12)10(5-9)6-13/h2-3,5,7-8H,4H2,1H3. The maximum Gasteiger partial charge on any atom is 0.123 e. The lowest BCUT2D eigenvalue weighted by Gasteiger charge is -2.04. The highest BCUT2D eigenvalue weighted by atomic mass is 79.9. The third-order valence-electron chi connectivity index (χ3n) is 1.94. The summed E-state index contributed by atoms with van der Waals surface area (Å²) in [6.07, 6.45) is 1.61. The Hall–Kier alpha value is -1.14. The van der Waals surface area contributed by atoms with E-state index in [1.54, 1.807) is 0 Å². The summed E-state index contributed by atoms with van der Waals surface area (Å²) in [4.78, 5) is 10.5. The number of carbonyl (C=O) groups excluding carboxylic acids is 1. The molecule has 1 aromatic rings. The van der Waals surface area contributed by atoms with Crippen LogP contribution in [0.1, 0.15) is 18.1 Å². The van der Waals surface area contributed by atoms with Gasteiger partial charge in [-0.1, -0.05) is 13.0 Å². The van der Waals surface area contributed by atoms with E-state index in [4.69, 9.17) is 5.26 Å². The Bertz CT molecular complexity index is 381. The van der Waals surface area contributed by atoms with E-state index < -0.39 is 0 Å². The van der Waals surface area contributed by atoms with Gasteiger partial charge in [-0.05, 0) is 40.0 Å². The molecule has 1 aromatic carbocycles. The number of nitrogens with zero attached hydrogens (tertiary/aromatic N) is 1. The smallest absolute Gasteiger partial charge is 0.123 e. The molecule has 1 rings (SSSR count). The number of aldehydes is 1. The molecule has 0 radical (unpaired) electrons. The van der Waals surface area contributed by atoms with Crippen LogP contribution >= 0.6 is 15.9 Å². The SMILES string of the molecule is CC(C=O)Cc1ccc(Br)c(C#N)c1. The van der Waals surface area contributed by atoms with Gasteiger partial charge in [0.1, 0.15) is 12.4 Å². The average Bonchev–Trinajstić information content (AvgIpc) is 2.20. The minimum atomic E-state index is 0.00252. The van der Waals surface area contributed by atoms with Crippen LogP contribution in [0.2, 0.25) is 0 Å². The second kappa shape index (κ2) is 4.92. The van der Waals surface area contributed by atoms with Crippen LogP contribution in [0.4, 0.5) is 0 Å². The maximum atomic E-state index is 10.5. The molecule has 0 saturated carbocycles. The molecule has 0 heterocycles. The highest BCUT2D eigenvalue weighted by molar-refractivity contribution is 9.10. The van der Waals surface area contributed by atoms with Crippen LogP contribution < -0.4 is 0 Å². The van der Waals surface area contributed by atoms with Crippen molar-refractivity contribution in [2.24, 2.45) is 5.92 Å². The lowest BCUT2D eigenvalue weighted by molar-refractivity contribution is -0.110. The Kier molecular flexibility index (Phi) is 3.84. The van der Waals surface area contributed by atoms with Gasteiger partial charge in [0.15, 0.2) is 0 Å². The summed E-state index contributed by atoms with van der Waals surface area (Å²) < 4.78 is 0.794. The fourth-order valence-electron chi connectivity index (χ4n) is 1.20. The molecule has 1 unspecified atom stereocenters. The number of hydrogen-bond acceptors (Lipinski definition) is 2. The lowest BCUT2D eigenvalue weighted by Crippen LogP contribution is -2.00. The summed E-state index contributed by atoms with van der Waals surface area (Å²) in [5.74, 6) is 0.00252. The molecule has 0 spiro atoms. The normalized spacial score (nSPS) is 11.8. The number of rotatable bonds is 3. The van der Waals surface area contributed by atoms with E-state index in [2.05, 4.69) is 22.0 Å². The highest BCUT2D eigenvalue weighted by Crippen LogP contribution is 2.18. The fourth-order valence-corrected chi connectivity index (χ4v) is 1.54. The zero-order chi connectivity index (χ0) is 10.6. The molecule has 0 aliphatic rings. The van der Waals surface area contributed by atoms with Crippen molar-refractivity contribution in [1.82, 2.24) is 0 Å². The van der Waals surface area contributed by atoms with Crippen LogP contribution in [0, 0.1) is 17.2 Å². The van der Waals surface area contributed by atoms with Crippen molar-refractivity contribution in [1.29, 1.82) is 5.26 Å². The van der Waals surface area contributed by atoms with E-state index in [-0.39, 0.29) is 5.92 Å². The van der Waals surface area contributed by atoms with E-state index >= 15 is 0 Å². The first-order chi connectivity index (χ1) is 6.67. The molecule has 0 N–H and O–H groups in total. The summed E-state index contributed by atoms with van der Waals surface area (Å²) in [6, 6.07) is 7.66. The molecule has 1 atom stereocenters. The zero-order valence-electron chi connectivity index (χ0n) is 7.83. The lowest BCUT2D eigenvalue weighted by atomic mass is 10.0. The van der Waals surface area contributed by atoms with Crippen molar-refractivity contribution in [3.63, 3.8) is 0 Å². The molecule has 14 heavy (non-hydrogen) atoms. The van der Waals surface area contributed by atoms with Gasteiger partial charge in [0.05, 0.1) is 5.56 Å². The molecular formula is C11H10BrNO. The Morgan fingerprint density at radius 3 is 2.93 bits per heavy atom. The van der Waals surface area contributed by atoms with Gasteiger partial charge in [0.25, 0.3) is 0 Å². The Labute approximate surface area is 91.7 Å². The molecule has 72 valence electrons. The van der Waals surface area contributed by atoms with Gasteiger partial charge < -0.3 is 4.79 Å². The molecule has 0 saturated heterocycles. The van der Waals surface area contributed by atoms with E-state index in [9.17, 15) is 4.79 Å². The second-order valence-electron chi connectivity index (χ2n) is 3.24. The minimum Gasteiger partial charge on any atom is -0.303 e. The van der Waals surface area contributed by atoms with E-state index in [1.807, 2.05) is 25.1 Å². The number of halogens is 1. The molecule has 0 aliphatic carbocycles. The summed E-state index contributed by atoms with van der Waals surface area (Å²) in [5.41, 5.74) is 1.63. The van der Waals surface area contributed by atoms with Crippen molar-refractivity contribution in [3.8, 4) is 6.07 Å². The molecule has 0 bridgehead atoms. The van der Waals surface area contributed by atoms with Crippen molar-refractivity contribution in [3.05, 3.63) is 33.8 Å². The van der Waals surface area contributed by atoms with Crippen LogP contribution in [-0.4, -0.2) is 6.29 Å². The molecular weight excluding hydrogens is 242 g/mol. The van der Waals surface area contributed by atoms with Crippen LogP contribution in [0.5, 0.6) is 0 Å². The molecule has 0 aliphatic heterocycles. The highest BCUT2D eigenvalue weighted by Gasteiger charge is 2.04. The van der Waals surface area contributed by atoms with E-state index in [0.29, 0.717) is 12.0 Å². The van der Waals surface area contributed by atoms with Gasteiger partial charge in [-0.25, -0.2) is 0 Å².